The Morgan fingerprint density at radius 3 is 2.34 bits per heavy atom. The molecule has 4 rings (SSSR count). The van der Waals surface area contributed by atoms with Gasteiger partial charge in [-0.25, -0.2) is 0 Å². The SMILES string of the molecule is CCCn1nc(-c2c(C)cc(C)cc2C)c(C)c1CN1CCc2ccccc2C1. The van der Waals surface area contributed by atoms with E-state index in [1.54, 1.807) is 0 Å². The van der Waals surface area contributed by atoms with E-state index in [4.69, 9.17) is 5.10 Å². The van der Waals surface area contributed by atoms with Crippen molar-refractivity contribution in [2.45, 2.75) is 67.1 Å². The van der Waals surface area contributed by atoms with Crippen LogP contribution in [0.3, 0.4) is 0 Å². The standard InChI is InChI=1S/C26H33N3/c1-6-12-29-24(17-28-13-11-22-9-7-8-10-23(22)16-28)21(5)26(27-29)25-19(3)14-18(2)15-20(25)4/h7-10,14-15H,6,11-13,16-17H2,1-5H3. The topological polar surface area (TPSA) is 21.1 Å². The Morgan fingerprint density at radius 2 is 1.66 bits per heavy atom. The lowest BCUT2D eigenvalue weighted by molar-refractivity contribution is 0.237. The molecule has 0 amide bonds. The van der Waals surface area contributed by atoms with E-state index in [-0.39, 0.29) is 0 Å². The Labute approximate surface area is 175 Å². The summed E-state index contributed by atoms with van der Waals surface area (Å²) in [5, 5.41) is 5.12. The first kappa shape index (κ1) is 19.9. The molecule has 0 N–H and O–H groups in total. The first-order chi connectivity index (χ1) is 14.0. The highest BCUT2D eigenvalue weighted by molar-refractivity contribution is 5.71. The maximum absolute atomic E-state index is 5.12. The van der Waals surface area contributed by atoms with E-state index in [0.717, 1.165) is 39.0 Å². The van der Waals surface area contributed by atoms with Crippen molar-refractivity contribution in [3.63, 3.8) is 0 Å². The minimum absolute atomic E-state index is 0.969. The van der Waals surface area contributed by atoms with Crippen LogP contribution in [0.25, 0.3) is 11.3 Å². The Bertz CT molecular complexity index is 1010. The van der Waals surface area contributed by atoms with Crippen LogP contribution in [-0.4, -0.2) is 21.2 Å². The Kier molecular flexibility index (Phi) is 5.60. The van der Waals surface area contributed by atoms with E-state index in [2.05, 4.69) is 80.6 Å². The molecule has 2 heterocycles. The monoisotopic (exact) mass is 387 g/mol. The minimum atomic E-state index is 0.969. The normalized spacial score (nSPS) is 14.2. The predicted octanol–water partition coefficient (Wildman–Crippen LogP) is 5.75. The van der Waals surface area contributed by atoms with E-state index >= 15 is 0 Å². The molecule has 0 saturated carbocycles. The summed E-state index contributed by atoms with van der Waals surface area (Å²) >= 11 is 0. The highest BCUT2D eigenvalue weighted by atomic mass is 15.3. The van der Waals surface area contributed by atoms with Gasteiger partial charge in [-0.05, 0) is 68.4 Å². The maximum Gasteiger partial charge on any atom is 0.0961 e. The van der Waals surface area contributed by atoms with Crippen LogP contribution in [0.4, 0.5) is 0 Å². The van der Waals surface area contributed by atoms with E-state index in [9.17, 15) is 0 Å². The second-order valence-corrected chi connectivity index (χ2v) is 8.65. The summed E-state index contributed by atoms with van der Waals surface area (Å²) in [6, 6.07) is 13.4. The Hall–Kier alpha value is -2.39. The molecule has 0 atom stereocenters. The first-order valence-electron chi connectivity index (χ1n) is 10.9. The zero-order valence-electron chi connectivity index (χ0n) is 18.5. The molecule has 152 valence electrons. The molecular formula is C26H33N3. The summed E-state index contributed by atoms with van der Waals surface area (Å²) in [5.74, 6) is 0. The van der Waals surface area contributed by atoms with Crippen molar-refractivity contribution in [1.29, 1.82) is 0 Å². The molecule has 1 aliphatic rings. The van der Waals surface area contributed by atoms with Crippen LogP contribution in [-0.2, 0) is 26.1 Å². The van der Waals surface area contributed by atoms with Gasteiger partial charge in [0.1, 0.15) is 0 Å². The molecule has 29 heavy (non-hydrogen) atoms. The van der Waals surface area contributed by atoms with Gasteiger partial charge in [-0.1, -0.05) is 48.9 Å². The van der Waals surface area contributed by atoms with E-state index in [1.165, 1.54) is 50.3 Å². The Morgan fingerprint density at radius 1 is 0.966 bits per heavy atom. The third kappa shape index (κ3) is 3.89. The molecule has 3 aromatic rings. The average Bonchev–Trinajstić information content (AvgIpc) is 2.97. The molecule has 0 aliphatic carbocycles. The zero-order chi connectivity index (χ0) is 20.5. The predicted molar refractivity (Wildman–Crippen MR) is 121 cm³/mol. The van der Waals surface area contributed by atoms with Gasteiger partial charge in [0, 0.05) is 31.7 Å². The van der Waals surface area contributed by atoms with Crippen molar-refractivity contribution in [2.24, 2.45) is 0 Å². The summed E-state index contributed by atoms with van der Waals surface area (Å²) in [7, 11) is 0. The highest BCUT2D eigenvalue weighted by Gasteiger charge is 2.22. The smallest absolute Gasteiger partial charge is 0.0961 e. The largest absolute Gasteiger partial charge is 0.293 e. The molecule has 3 nitrogen and oxygen atoms in total. The van der Waals surface area contributed by atoms with Crippen LogP contribution in [0.15, 0.2) is 36.4 Å². The Balaban J connectivity index is 1.69. The van der Waals surface area contributed by atoms with Crippen LogP contribution in [0.2, 0.25) is 0 Å². The molecular weight excluding hydrogens is 354 g/mol. The second kappa shape index (κ2) is 8.16. The van der Waals surface area contributed by atoms with Crippen LogP contribution in [0.5, 0.6) is 0 Å². The summed E-state index contributed by atoms with van der Waals surface area (Å²) in [5.41, 5.74) is 12.1. The average molecular weight is 388 g/mol. The molecule has 0 radical (unpaired) electrons. The van der Waals surface area contributed by atoms with Gasteiger partial charge in [0.2, 0.25) is 0 Å². The highest BCUT2D eigenvalue weighted by Crippen LogP contribution is 2.32. The summed E-state index contributed by atoms with van der Waals surface area (Å²) in [6.45, 7) is 15.2. The summed E-state index contributed by atoms with van der Waals surface area (Å²) in [4.78, 5) is 2.58. The number of nitrogens with zero attached hydrogens (tertiary/aromatic N) is 3. The number of fused-ring (bicyclic) bond motifs is 1. The van der Waals surface area contributed by atoms with Crippen molar-refractivity contribution in [2.75, 3.05) is 6.54 Å². The van der Waals surface area contributed by atoms with Crippen LogP contribution in [0.1, 0.15) is 52.4 Å². The summed E-state index contributed by atoms with van der Waals surface area (Å²) in [6.07, 6.45) is 2.24. The third-order valence-electron chi connectivity index (χ3n) is 6.25. The maximum atomic E-state index is 5.12. The molecule has 0 saturated heterocycles. The fraction of sp³-hybridized carbons (Fsp3) is 0.423. The number of hydrogen-bond acceptors (Lipinski definition) is 2. The van der Waals surface area contributed by atoms with Crippen molar-refractivity contribution in [1.82, 2.24) is 14.7 Å². The lowest BCUT2D eigenvalue weighted by Crippen LogP contribution is -2.31. The quantitative estimate of drug-likeness (QED) is 0.555. The van der Waals surface area contributed by atoms with Gasteiger partial charge in [0.15, 0.2) is 0 Å². The van der Waals surface area contributed by atoms with E-state index in [1.807, 2.05) is 0 Å². The summed E-state index contributed by atoms with van der Waals surface area (Å²) < 4.78 is 2.27. The molecule has 3 heteroatoms. The lowest BCUT2D eigenvalue weighted by Gasteiger charge is -2.29. The van der Waals surface area contributed by atoms with Crippen molar-refractivity contribution in [3.05, 3.63) is 75.5 Å². The molecule has 1 aliphatic heterocycles. The van der Waals surface area contributed by atoms with Gasteiger partial charge in [0.05, 0.1) is 11.4 Å². The van der Waals surface area contributed by atoms with Gasteiger partial charge in [-0.15, -0.1) is 0 Å². The first-order valence-corrected chi connectivity index (χ1v) is 10.9. The second-order valence-electron chi connectivity index (χ2n) is 8.65. The van der Waals surface area contributed by atoms with Gasteiger partial charge >= 0.3 is 0 Å². The van der Waals surface area contributed by atoms with Gasteiger partial charge in [-0.3, -0.25) is 9.58 Å². The van der Waals surface area contributed by atoms with Crippen LogP contribution < -0.4 is 0 Å². The number of hydrogen-bond donors (Lipinski definition) is 0. The lowest BCUT2D eigenvalue weighted by atomic mass is 9.95. The van der Waals surface area contributed by atoms with Gasteiger partial charge < -0.3 is 0 Å². The fourth-order valence-electron chi connectivity index (χ4n) is 4.88. The molecule has 0 bridgehead atoms. The number of aromatic nitrogens is 2. The van der Waals surface area contributed by atoms with E-state index in [0.29, 0.717) is 0 Å². The zero-order valence-corrected chi connectivity index (χ0v) is 18.5. The molecule has 1 aromatic heterocycles. The van der Waals surface area contributed by atoms with Crippen LogP contribution >= 0.6 is 0 Å². The fourth-order valence-corrected chi connectivity index (χ4v) is 4.88. The minimum Gasteiger partial charge on any atom is -0.293 e. The van der Waals surface area contributed by atoms with Gasteiger partial charge in [0.25, 0.3) is 0 Å². The van der Waals surface area contributed by atoms with Gasteiger partial charge in [-0.2, -0.15) is 5.10 Å². The number of aryl methyl sites for hydroxylation is 4. The third-order valence-corrected chi connectivity index (χ3v) is 6.25. The molecule has 0 unspecified atom stereocenters. The number of rotatable bonds is 5. The van der Waals surface area contributed by atoms with Crippen molar-refractivity contribution in [3.8, 4) is 11.3 Å². The van der Waals surface area contributed by atoms with Crippen LogP contribution in [0, 0.1) is 27.7 Å². The van der Waals surface area contributed by atoms with Crippen molar-refractivity contribution < 1.29 is 0 Å². The molecule has 0 fully saturated rings. The van der Waals surface area contributed by atoms with Crippen molar-refractivity contribution >= 4 is 0 Å². The number of benzene rings is 2. The van der Waals surface area contributed by atoms with E-state index < -0.39 is 0 Å². The molecule has 0 spiro atoms. The molecule has 2 aromatic carbocycles.